The third kappa shape index (κ3) is 2.86. The van der Waals surface area contributed by atoms with Gasteiger partial charge in [-0.15, -0.1) is 0 Å². The Morgan fingerprint density at radius 3 is 1.72 bits per heavy atom. The number of hydrogen-bond acceptors (Lipinski definition) is 5. The Kier molecular flexibility index (Phi) is 4.43. The van der Waals surface area contributed by atoms with Crippen molar-refractivity contribution in [2.45, 2.75) is 25.4 Å². The SMILES string of the molecule is COc1cc(OC)c(C(N)C(C)(C)N)c(OC)c1. The van der Waals surface area contributed by atoms with Crippen molar-refractivity contribution in [3.8, 4) is 17.2 Å². The predicted molar refractivity (Wildman–Crippen MR) is 71.3 cm³/mol. The lowest BCUT2D eigenvalue weighted by Gasteiger charge is -2.30. The van der Waals surface area contributed by atoms with Gasteiger partial charge >= 0.3 is 0 Å². The molecule has 1 aromatic rings. The fourth-order valence-electron chi connectivity index (χ4n) is 1.71. The largest absolute Gasteiger partial charge is 0.496 e. The van der Waals surface area contributed by atoms with Gasteiger partial charge in [-0.2, -0.15) is 0 Å². The summed E-state index contributed by atoms with van der Waals surface area (Å²) >= 11 is 0. The number of nitrogens with two attached hydrogens (primary N) is 2. The zero-order chi connectivity index (χ0) is 13.9. The van der Waals surface area contributed by atoms with Crippen LogP contribution in [0.25, 0.3) is 0 Å². The molecule has 1 unspecified atom stereocenters. The van der Waals surface area contributed by atoms with Gasteiger partial charge < -0.3 is 25.7 Å². The van der Waals surface area contributed by atoms with E-state index in [9.17, 15) is 0 Å². The molecule has 0 aliphatic carbocycles. The zero-order valence-electron chi connectivity index (χ0n) is 11.6. The third-order valence-corrected chi connectivity index (χ3v) is 2.87. The van der Waals surface area contributed by atoms with Gasteiger partial charge in [0.25, 0.3) is 0 Å². The Balaban J connectivity index is 3.40. The van der Waals surface area contributed by atoms with Crippen LogP contribution in [0.15, 0.2) is 12.1 Å². The van der Waals surface area contributed by atoms with E-state index in [0.717, 1.165) is 5.56 Å². The maximum Gasteiger partial charge on any atom is 0.131 e. The van der Waals surface area contributed by atoms with E-state index in [2.05, 4.69) is 0 Å². The van der Waals surface area contributed by atoms with E-state index in [4.69, 9.17) is 25.7 Å². The minimum Gasteiger partial charge on any atom is -0.496 e. The molecule has 0 spiro atoms. The number of methoxy groups -OCH3 is 3. The highest BCUT2D eigenvalue weighted by molar-refractivity contribution is 5.53. The lowest BCUT2D eigenvalue weighted by Crippen LogP contribution is -2.44. The molecule has 0 bridgehead atoms. The van der Waals surface area contributed by atoms with Crippen molar-refractivity contribution < 1.29 is 14.2 Å². The molecule has 5 nitrogen and oxygen atoms in total. The van der Waals surface area contributed by atoms with E-state index in [1.165, 1.54) is 0 Å². The second-order valence-corrected chi connectivity index (χ2v) is 4.74. The summed E-state index contributed by atoms with van der Waals surface area (Å²) in [6.45, 7) is 3.72. The molecule has 0 aromatic heterocycles. The van der Waals surface area contributed by atoms with Gasteiger partial charge in [0.1, 0.15) is 17.2 Å². The van der Waals surface area contributed by atoms with Gasteiger partial charge in [0.05, 0.1) is 32.9 Å². The molecule has 0 amide bonds. The van der Waals surface area contributed by atoms with Crippen molar-refractivity contribution in [3.05, 3.63) is 17.7 Å². The Labute approximate surface area is 108 Å². The maximum absolute atomic E-state index is 6.19. The average Bonchev–Trinajstić information content (AvgIpc) is 2.34. The lowest BCUT2D eigenvalue weighted by atomic mass is 9.89. The molecule has 5 heteroatoms. The molecule has 4 N–H and O–H groups in total. The number of rotatable bonds is 5. The fourth-order valence-corrected chi connectivity index (χ4v) is 1.71. The van der Waals surface area contributed by atoms with Crippen molar-refractivity contribution in [2.24, 2.45) is 11.5 Å². The molecule has 0 aliphatic heterocycles. The topological polar surface area (TPSA) is 79.7 Å². The molecule has 0 saturated heterocycles. The molecule has 1 aromatic carbocycles. The van der Waals surface area contributed by atoms with Crippen LogP contribution in [0.5, 0.6) is 17.2 Å². The van der Waals surface area contributed by atoms with Crippen LogP contribution >= 0.6 is 0 Å². The molecule has 1 atom stereocenters. The van der Waals surface area contributed by atoms with E-state index in [1.807, 2.05) is 13.8 Å². The van der Waals surface area contributed by atoms with E-state index < -0.39 is 11.6 Å². The normalized spacial score (nSPS) is 13.1. The third-order valence-electron chi connectivity index (χ3n) is 2.87. The van der Waals surface area contributed by atoms with Crippen molar-refractivity contribution in [3.63, 3.8) is 0 Å². The molecule has 0 aliphatic rings. The number of ether oxygens (including phenoxy) is 3. The molecule has 0 radical (unpaired) electrons. The first-order chi connectivity index (χ1) is 8.35. The molecule has 18 heavy (non-hydrogen) atoms. The van der Waals surface area contributed by atoms with E-state index in [0.29, 0.717) is 17.2 Å². The minimum atomic E-state index is -0.588. The van der Waals surface area contributed by atoms with Gasteiger partial charge in [-0.1, -0.05) is 0 Å². The van der Waals surface area contributed by atoms with Gasteiger partial charge in [0, 0.05) is 17.7 Å². The smallest absolute Gasteiger partial charge is 0.131 e. The molecule has 0 saturated carbocycles. The first kappa shape index (κ1) is 14.6. The first-order valence-corrected chi connectivity index (χ1v) is 5.69. The minimum absolute atomic E-state index is 0.409. The standard InChI is InChI=1S/C13H22N2O3/c1-13(2,15)12(14)11-9(17-4)6-8(16-3)7-10(11)18-5/h6-7,12H,14-15H2,1-5H3. The summed E-state index contributed by atoms with van der Waals surface area (Å²) in [5.74, 6) is 1.86. The van der Waals surface area contributed by atoms with Gasteiger partial charge in [-0.3, -0.25) is 0 Å². The number of benzene rings is 1. The summed E-state index contributed by atoms with van der Waals surface area (Å²) < 4.78 is 15.9. The van der Waals surface area contributed by atoms with Crippen LogP contribution in [0.3, 0.4) is 0 Å². The summed E-state index contributed by atoms with van der Waals surface area (Å²) in [6, 6.07) is 3.13. The van der Waals surface area contributed by atoms with Gasteiger partial charge in [0.15, 0.2) is 0 Å². The van der Waals surface area contributed by atoms with E-state index >= 15 is 0 Å². The van der Waals surface area contributed by atoms with Crippen LogP contribution in [-0.4, -0.2) is 26.9 Å². The highest BCUT2D eigenvalue weighted by Gasteiger charge is 2.29. The lowest BCUT2D eigenvalue weighted by molar-refractivity contribution is 0.342. The molecule has 1 rings (SSSR count). The summed E-state index contributed by atoms with van der Waals surface area (Å²) in [5, 5.41) is 0. The molecular weight excluding hydrogens is 232 g/mol. The molecule has 0 fully saturated rings. The van der Waals surface area contributed by atoms with Crippen molar-refractivity contribution in [2.75, 3.05) is 21.3 Å². The van der Waals surface area contributed by atoms with Gasteiger partial charge in [-0.25, -0.2) is 0 Å². The fraction of sp³-hybridized carbons (Fsp3) is 0.538. The summed E-state index contributed by atoms with van der Waals surface area (Å²) in [7, 11) is 4.74. The van der Waals surface area contributed by atoms with Crippen LogP contribution < -0.4 is 25.7 Å². The summed E-state index contributed by atoms with van der Waals surface area (Å²) in [6.07, 6.45) is 0. The van der Waals surface area contributed by atoms with Crippen LogP contribution in [0, 0.1) is 0 Å². The Morgan fingerprint density at radius 1 is 1.00 bits per heavy atom. The maximum atomic E-state index is 6.19. The highest BCUT2D eigenvalue weighted by Crippen LogP contribution is 2.40. The van der Waals surface area contributed by atoms with Crippen LogP contribution in [0.1, 0.15) is 25.5 Å². The number of hydrogen-bond donors (Lipinski definition) is 2. The second kappa shape index (κ2) is 5.46. The van der Waals surface area contributed by atoms with Crippen LogP contribution in [0.4, 0.5) is 0 Å². The monoisotopic (exact) mass is 254 g/mol. The van der Waals surface area contributed by atoms with Gasteiger partial charge in [0.2, 0.25) is 0 Å². The molecule has 0 heterocycles. The van der Waals surface area contributed by atoms with Crippen LogP contribution in [0.2, 0.25) is 0 Å². The van der Waals surface area contributed by atoms with Crippen molar-refractivity contribution in [1.29, 1.82) is 0 Å². The zero-order valence-corrected chi connectivity index (χ0v) is 11.6. The molecule has 102 valence electrons. The van der Waals surface area contributed by atoms with E-state index in [-0.39, 0.29) is 0 Å². The molecular formula is C13H22N2O3. The second-order valence-electron chi connectivity index (χ2n) is 4.74. The highest BCUT2D eigenvalue weighted by atomic mass is 16.5. The quantitative estimate of drug-likeness (QED) is 0.831. The predicted octanol–water partition coefficient (Wildman–Crippen LogP) is 1.45. The van der Waals surface area contributed by atoms with Crippen molar-refractivity contribution >= 4 is 0 Å². The average molecular weight is 254 g/mol. The summed E-state index contributed by atoms with van der Waals surface area (Å²) in [5.41, 5.74) is 12.4. The summed E-state index contributed by atoms with van der Waals surface area (Å²) in [4.78, 5) is 0. The van der Waals surface area contributed by atoms with Crippen molar-refractivity contribution in [1.82, 2.24) is 0 Å². The Morgan fingerprint density at radius 2 is 1.44 bits per heavy atom. The van der Waals surface area contributed by atoms with Crippen LogP contribution in [-0.2, 0) is 0 Å². The van der Waals surface area contributed by atoms with E-state index in [1.54, 1.807) is 33.5 Å². The Bertz CT molecular complexity index is 388. The van der Waals surface area contributed by atoms with Gasteiger partial charge in [-0.05, 0) is 13.8 Å². The Hall–Kier alpha value is -1.46. The first-order valence-electron chi connectivity index (χ1n) is 5.69.